The topological polar surface area (TPSA) is 231 Å². The number of nitrogens with zero attached hydrogens (tertiary/aromatic N) is 4. The second kappa shape index (κ2) is 12.2. The van der Waals surface area contributed by atoms with E-state index >= 15 is 0 Å². The maximum absolute atomic E-state index is 10.3. The van der Waals surface area contributed by atoms with Crippen LogP contribution in [-0.2, 0) is 19.0 Å². The van der Waals surface area contributed by atoms with Crippen molar-refractivity contribution in [2.45, 2.75) is 67.8 Å². The quantitative estimate of drug-likeness (QED) is 0.0553. The maximum atomic E-state index is 10.3. The van der Waals surface area contributed by atoms with Crippen LogP contribution in [0.25, 0.3) is 10.4 Å². The third-order valence-electron chi connectivity index (χ3n) is 5.18. The van der Waals surface area contributed by atoms with Gasteiger partial charge < -0.3 is 50.0 Å². The van der Waals surface area contributed by atoms with Gasteiger partial charge in [0.15, 0.2) is 12.5 Å². The monoisotopic (exact) mass is 454 g/mol. The van der Waals surface area contributed by atoms with Gasteiger partial charge in [0.25, 0.3) is 0 Å². The van der Waals surface area contributed by atoms with Gasteiger partial charge in [-0.05, 0) is 12.0 Å². The Hall–Kier alpha value is -1.17. The summed E-state index contributed by atoms with van der Waals surface area (Å²) in [5.41, 5.74) is 8.33. The molecule has 180 valence electrons. The number of ether oxygens (including phenoxy) is 3. The molecule has 0 aliphatic carbocycles. The highest BCUT2D eigenvalue weighted by Crippen LogP contribution is 2.27. The molecule has 2 rings (SSSR count). The molecule has 0 aromatic heterocycles. The summed E-state index contributed by atoms with van der Waals surface area (Å²) < 4.78 is 16.2. The summed E-state index contributed by atoms with van der Waals surface area (Å²) in [5, 5.41) is 74.2. The first-order valence-corrected chi connectivity index (χ1v) is 9.70. The first kappa shape index (κ1) is 26.1. The Bertz CT molecular complexity index is 596. The van der Waals surface area contributed by atoms with Crippen LogP contribution in [0.1, 0.15) is 6.42 Å². The van der Waals surface area contributed by atoms with Crippen molar-refractivity contribution >= 4 is 0 Å². The highest BCUT2D eigenvalue weighted by atomic mass is 16.7. The molecule has 7 N–H and O–H groups in total. The lowest BCUT2D eigenvalue weighted by Gasteiger charge is -2.45. The van der Waals surface area contributed by atoms with Crippen LogP contribution in [0, 0.1) is 0 Å². The minimum Gasteiger partial charge on any atom is -0.394 e. The van der Waals surface area contributed by atoms with Gasteiger partial charge in [-0.15, -0.1) is 0 Å². The van der Waals surface area contributed by atoms with E-state index in [1.165, 1.54) is 12.2 Å². The van der Waals surface area contributed by atoms with Gasteiger partial charge in [-0.3, -0.25) is 4.84 Å². The lowest BCUT2D eigenvalue weighted by Crippen LogP contribution is -2.64. The third kappa shape index (κ3) is 6.21. The number of hydrogen-bond acceptors (Lipinski definition) is 13. The fraction of sp³-hybridized carbons (Fsp3) is 1.00. The van der Waals surface area contributed by atoms with Crippen molar-refractivity contribution in [3.05, 3.63) is 10.4 Å². The average molecular weight is 454 g/mol. The van der Waals surface area contributed by atoms with E-state index in [1.54, 1.807) is 0 Å². The molecule has 2 fully saturated rings. The lowest BCUT2D eigenvalue weighted by molar-refractivity contribution is -0.343. The van der Waals surface area contributed by atoms with E-state index < -0.39 is 74.6 Å². The highest BCUT2D eigenvalue weighted by Gasteiger charge is 2.48. The van der Waals surface area contributed by atoms with Gasteiger partial charge in [0.05, 0.1) is 20.3 Å². The van der Waals surface area contributed by atoms with Gasteiger partial charge in [0.1, 0.15) is 48.8 Å². The predicted molar refractivity (Wildman–Crippen MR) is 98.7 cm³/mol. The van der Waals surface area contributed by atoms with Crippen LogP contribution in [0.2, 0.25) is 0 Å². The molecular formula is C16H30N4O11. The third-order valence-corrected chi connectivity index (χ3v) is 5.18. The van der Waals surface area contributed by atoms with E-state index in [4.69, 9.17) is 24.6 Å². The second-order valence-corrected chi connectivity index (χ2v) is 7.20. The Kier molecular flexibility index (Phi) is 10.2. The molecule has 4 unspecified atom stereocenters. The largest absolute Gasteiger partial charge is 0.394 e. The van der Waals surface area contributed by atoms with Crippen molar-refractivity contribution in [1.29, 1.82) is 0 Å². The van der Waals surface area contributed by atoms with E-state index in [2.05, 4.69) is 10.0 Å². The van der Waals surface area contributed by atoms with Crippen molar-refractivity contribution in [2.24, 2.45) is 5.11 Å². The van der Waals surface area contributed by atoms with Gasteiger partial charge in [-0.25, -0.2) is 0 Å². The first-order chi connectivity index (χ1) is 14.8. The number of azide groups is 1. The molecule has 0 aromatic rings. The molecule has 2 aliphatic rings. The molecule has 2 heterocycles. The second-order valence-electron chi connectivity index (χ2n) is 7.20. The van der Waals surface area contributed by atoms with Crippen molar-refractivity contribution in [3.8, 4) is 0 Å². The minimum absolute atomic E-state index is 0.161. The number of rotatable bonds is 10. The van der Waals surface area contributed by atoms with Gasteiger partial charge in [-0.1, -0.05) is 5.11 Å². The van der Waals surface area contributed by atoms with Crippen LogP contribution in [0.5, 0.6) is 0 Å². The summed E-state index contributed by atoms with van der Waals surface area (Å²) in [7, 11) is 1.31. The normalized spacial score (nSPS) is 41.2. The molecule has 31 heavy (non-hydrogen) atoms. The summed E-state index contributed by atoms with van der Waals surface area (Å²) in [6.07, 6.45) is -14.3. The summed E-state index contributed by atoms with van der Waals surface area (Å²) in [6.45, 7) is -0.756. The summed E-state index contributed by atoms with van der Waals surface area (Å²) in [6, 6.07) is 0. The smallest absolute Gasteiger partial charge is 0.186 e. The zero-order valence-electron chi connectivity index (χ0n) is 16.9. The lowest BCUT2D eigenvalue weighted by atomic mass is 9.97. The molecule has 0 spiro atoms. The van der Waals surface area contributed by atoms with Crippen LogP contribution >= 0.6 is 0 Å². The van der Waals surface area contributed by atoms with Gasteiger partial charge >= 0.3 is 0 Å². The summed E-state index contributed by atoms with van der Waals surface area (Å²) in [5.74, 6) is 0. The molecule has 15 nitrogen and oxygen atoms in total. The van der Waals surface area contributed by atoms with E-state index in [0.717, 1.165) is 0 Å². The van der Waals surface area contributed by atoms with Crippen molar-refractivity contribution in [2.75, 3.05) is 33.4 Å². The van der Waals surface area contributed by atoms with Crippen molar-refractivity contribution in [1.82, 2.24) is 5.06 Å². The maximum Gasteiger partial charge on any atom is 0.186 e. The molecule has 0 aromatic carbocycles. The zero-order chi connectivity index (χ0) is 23.1. The van der Waals surface area contributed by atoms with Crippen LogP contribution in [0.3, 0.4) is 0 Å². The SMILES string of the molecule is CON(CCCN=[N+]=[N-])[C@@H]1OC(CO[C@H]2OC(CO)[C@@H](O)[C@H](O)C2O)[C@@H](O)[C@H](O)C1O. The summed E-state index contributed by atoms with van der Waals surface area (Å²) >= 11 is 0. The number of aliphatic hydroxyl groups excluding tert-OH is 7. The van der Waals surface area contributed by atoms with Crippen molar-refractivity contribution < 1.29 is 54.8 Å². The number of hydroxylamine groups is 2. The fourth-order valence-corrected chi connectivity index (χ4v) is 3.37. The van der Waals surface area contributed by atoms with Crippen LogP contribution < -0.4 is 0 Å². The molecule has 0 amide bonds. The minimum atomic E-state index is -1.65. The molecule has 10 atom stereocenters. The molecule has 2 saturated heterocycles. The molecule has 0 bridgehead atoms. The zero-order valence-corrected chi connectivity index (χ0v) is 16.9. The molecule has 2 aliphatic heterocycles. The van der Waals surface area contributed by atoms with Gasteiger partial charge in [0, 0.05) is 18.0 Å². The average Bonchev–Trinajstić information content (AvgIpc) is 2.77. The molecular weight excluding hydrogens is 424 g/mol. The Labute approximate surface area is 177 Å². The number of aliphatic hydroxyl groups is 7. The van der Waals surface area contributed by atoms with Crippen molar-refractivity contribution in [3.63, 3.8) is 0 Å². The predicted octanol–water partition coefficient (Wildman–Crippen LogP) is -3.83. The highest BCUT2D eigenvalue weighted by molar-refractivity contribution is 4.92. The molecule has 15 heteroatoms. The summed E-state index contributed by atoms with van der Waals surface area (Å²) in [4.78, 5) is 7.80. The van der Waals surface area contributed by atoms with Gasteiger partial charge in [0.2, 0.25) is 0 Å². The Morgan fingerprint density at radius 2 is 1.58 bits per heavy atom. The fourth-order valence-electron chi connectivity index (χ4n) is 3.37. The van der Waals surface area contributed by atoms with E-state index in [9.17, 15) is 35.7 Å². The van der Waals surface area contributed by atoms with E-state index in [1.807, 2.05) is 0 Å². The first-order valence-electron chi connectivity index (χ1n) is 9.70. The molecule has 0 saturated carbocycles. The Morgan fingerprint density at radius 1 is 0.935 bits per heavy atom. The van der Waals surface area contributed by atoms with Crippen LogP contribution in [0.15, 0.2) is 5.11 Å². The molecule has 0 radical (unpaired) electrons. The van der Waals surface area contributed by atoms with E-state index in [0.29, 0.717) is 6.42 Å². The van der Waals surface area contributed by atoms with Crippen LogP contribution in [-0.4, -0.2) is 136 Å². The number of hydrogen-bond donors (Lipinski definition) is 7. The Morgan fingerprint density at radius 3 is 2.19 bits per heavy atom. The Balaban J connectivity index is 2.01. The van der Waals surface area contributed by atoms with Crippen LogP contribution in [0.4, 0.5) is 0 Å². The standard InChI is InChI=1S/C16H30N4O11/c1-28-20(4-2-3-18-19-17)15-13(26)11(24)10(23)8(30-15)6-29-16-14(27)12(25)9(22)7(5-21)31-16/h7-16,21-27H,2-6H2,1H3/t7?,8?,9-,10-,11+,12+,13?,14?,15-,16+/m1/s1. The van der Waals surface area contributed by atoms with E-state index in [-0.39, 0.29) is 13.1 Å². The van der Waals surface area contributed by atoms with Gasteiger partial charge in [-0.2, -0.15) is 5.06 Å².